The molecule has 0 aliphatic rings. The first-order chi connectivity index (χ1) is 9.19. The van der Waals surface area contributed by atoms with Crippen LogP contribution in [-0.2, 0) is 6.42 Å². The average molecular weight is 254 g/mol. The lowest BCUT2D eigenvalue weighted by atomic mass is 10.1. The van der Waals surface area contributed by atoms with Crippen LogP contribution in [0.1, 0.15) is 22.8 Å². The van der Waals surface area contributed by atoms with E-state index >= 15 is 0 Å². The number of benzene rings is 2. The molecule has 0 aromatic heterocycles. The van der Waals surface area contributed by atoms with Crippen molar-refractivity contribution in [2.45, 2.75) is 13.3 Å². The van der Waals surface area contributed by atoms with Crippen LogP contribution < -0.4 is 11.1 Å². The Morgan fingerprint density at radius 1 is 1.16 bits per heavy atom. The van der Waals surface area contributed by atoms with Crippen molar-refractivity contribution in [2.24, 2.45) is 0 Å². The van der Waals surface area contributed by atoms with Gasteiger partial charge in [-0.2, -0.15) is 0 Å². The number of nitrogen functional groups attached to an aromatic ring is 1. The standard InChI is InChI=1S/C16H18N2O/c1-2-12-6-8-15(9-7-12)18-11-16(19)13-4-3-5-14(17)10-13/h3-10,18H,2,11,17H2,1H3. The van der Waals surface area contributed by atoms with Crippen molar-refractivity contribution >= 4 is 17.2 Å². The molecule has 0 unspecified atom stereocenters. The van der Waals surface area contributed by atoms with Crippen molar-refractivity contribution in [2.75, 3.05) is 17.6 Å². The highest BCUT2D eigenvalue weighted by Crippen LogP contribution is 2.11. The minimum Gasteiger partial charge on any atom is -0.399 e. The molecule has 98 valence electrons. The number of carbonyl (C=O) groups is 1. The Kier molecular flexibility index (Phi) is 4.18. The summed E-state index contributed by atoms with van der Waals surface area (Å²) in [6.45, 7) is 2.39. The minimum absolute atomic E-state index is 0.0341. The largest absolute Gasteiger partial charge is 0.399 e. The van der Waals surface area contributed by atoms with Crippen LogP contribution in [0.15, 0.2) is 48.5 Å². The molecule has 0 saturated carbocycles. The van der Waals surface area contributed by atoms with E-state index in [1.54, 1.807) is 24.3 Å². The van der Waals surface area contributed by atoms with Crippen LogP contribution >= 0.6 is 0 Å². The smallest absolute Gasteiger partial charge is 0.181 e. The quantitative estimate of drug-likeness (QED) is 0.636. The molecule has 0 aliphatic carbocycles. The maximum absolute atomic E-state index is 12.0. The molecule has 0 atom stereocenters. The molecule has 0 radical (unpaired) electrons. The Morgan fingerprint density at radius 2 is 1.89 bits per heavy atom. The van der Waals surface area contributed by atoms with Gasteiger partial charge in [0.2, 0.25) is 0 Å². The van der Waals surface area contributed by atoms with Crippen LogP contribution in [0.3, 0.4) is 0 Å². The third-order valence-corrected chi connectivity index (χ3v) is 3.02. The molecule has 3 heteroatoms. The van der Waals surface area contributed by atoms with Crippen LogP contribution in [0.25, 0.3) is 0 Å². The minimum atomic E-state index is 0.0341. The molecule has 0 aliphatic heterocycles. The predicted molar refractivity (Wildman–Crippen MR) is 79.5 cm³/mol. The summed E-state index contributed by atoms with van der Waals surface area (Å²) < 4.78 is 0. The number of anilines is 2. The topological polar surface area (TPSA) is 55.1 Å². The summed E-state index contributed by atoms with van der Waals surface area (Å²) in [5, 5.41) is 3.12. The Hall–Kier alpha value is -2.29. The van der Waals surface area contributed by atoms with Gasteiger partial charge in [-0.05, 0) is 36.2 Å². The summed E-state index contributed by atoms with van der Waals surface area (Å²) in [6, 6.07) is 15.1. The van der Waals surface area contributed by atoms with E-state index in [2.05, 4.69) is 24.4 Å². The first-order valence-corrected chi connectivity index (χ1v) is 6.40. The molecular formula is C16H18N2O. The average Bonchev–Trinajstić information content (AvgIpc) is 2.45. The van der Waals surface area contributed by atoms with Gasteiger partial charge in [-0.25, -0.2) is 0 Å². The number of Topliss-reactive ketones (excluding diaryl/α,β-unsaturated/α-hetero) is 1. The molecule has 3 N–H and O–H groups in total. The van der Waals surface area contributed by atoms with E-state index < -0.39 is 0 Å². The zero-order valence-corrected chi connectivity index (χ0v) is 11.0. The van der Waals surface area contributed by atoms with Crippen LogP contribution in [0.4, 0.5) is 11.4 Å². The van der Waals surface area contributed by atoms with E-state index in [4.69, 9.17) is 5.73 Å². The molecule has 0 fully saturated rings. The molecule has 2 aromatic rings. The van der Waals surface area contributed by atoms with Gasteiger partial charge in [0.25, 0.3) is 0 Å². The lowest BCUT2D eigenvalue weighted by molar-refractivity contribution is 0.101. The number of hydrogen-bond acceptors (Lipinski definition) is 3. The molecule has 0 heterocycles. The van der Waals surface area contributed by atoms with Gasteiger partial charge >= 0.3 is 0 Å². The summed E-state index contributed by atoms with van der Waals surface area (Å²) in [5.41, 5.74) is 9.15. The molecule has 0 amide bonds. The summed E-state index contributed by atoms with van der Waals surface area (Å²) in [6.07, 6.45) is 1.02. The van der Waals surface area contributed by atoms with Crippen LogP contribution in [0.2, 0.25) is 0 Å². The fourth-order valence-electron chi connectivity index (χ4n) is 1.85. The van der Waals surface area contributed by atoms with Gasteiger partial charge in [-0.15, -0.1) is 0 Å². The fourth-order valence-corrected chi connectivity index (χ4v) is 1.85. The van der Waals surface area contributed by atoms with Gasteiger partial charge in [0.05, 0.1) is 6.54 Å². The van der Waals surface area contributed by atoms with E-state index in [1.807, 2.05) is 12.1 Å². The number of hydrogen-bond donors (Lipinski definition) is 2. The lowest BCUT2D eigenvalue weighted by Gasteiger charge is -2.07. The van der Waals surface area contributed by atoms with Crippen molar-refractivity contribution in [1.82, 2.24) is 0 Å². The second-order valence-electron chi connectivity index (χ2n) is 4.45. The summed E-state index contributed by atoms with van der Waals surface area (Å²) in [5.74, 6) is 0.0341. The molecule has 2 aromatic carbocycles. The third-order valence-electron chi connectivity index (χ3n) is 3.02. The van der Waals surface area contributed by atoms with Gasteiger partial charge in [-0.3, -0.25) is 4.79 Å². The predicted octanol–water partition coefficient (Wildman–Crippen LogP) is 3.13. The van der Waals surface area contributed by atoms with Crippen molar-refractivity contribution in [3.63, 3.8) is 0 Å². The number of carbonyl (C=O) groups excluding carboxylic acids is 1. The molecule has 2 rings (SSSR count). The number of rotatable bonds is 5. The van der Waals surface area contributed by atoms with Gasteiger partial charge < -0.3 is 11.1 Å². The van der Waals surface area contributed by atoms with E-state index in [9.17, 15) is 4.79 Å². The maximum Gasteiger partial charge on any atom is 0.181 e. The van der Waals surface area contributed by atoms with Gasteiger partial charge in [0, 0.05) is 16.9 Å². The zero-order chi connectivity index (χ0) is 13.7. The first kappa shape index (κ1) is 13.1. The fraction of sp³-hybridized carbons (Fsp3) is 0.188. The van der Waals surface area contributed by atoms with Crippen LogP contribution in [-0.4, -0.2) is 12.3 Å². The van der Waals surface area contributed by atoms with E-state index in [1.165, 1.54) is 5.56 Å². The zero-order valence-electron chi connectivity index (χ0n) is 11.0. The second-order valence-corrected chi connectivity index (χ2v) is 4.45. The lowest BCUT2D eigenvalue weighted by Crippen LogP contribution is -2.14. The van der Waals surface area contributed by atoms with Gasteiger partial charge in [-0.1, -0.05) is 31.2 Å². The highest BCUT2D eigenvalue weighted by molar-refractivity contribution is 5.99. The normalized spacial score (nSPS) is 10.2. The van der Waals surface area contributed by atoms with Gasteiger partial charge in [0.15, 0.2) is 5.78 Å². The molecule has 0 bridgehead atoms. The SMILES string of the molecule is CCc1ccc(NCC(=O)c2cccc(N)c2)cc1. The van der Waals surface area contributed by atoms with Crippen LogP contribution in [0, 0.1) is 0 Å². The monoisotopic (exact) mass is 254 g/mol. The molecule has 19 heavy (non-hydrogen) atoms. The molecule has 0 saturated heterocycles. The van der Waals surface area contributed by atoms with E-state index in [0.717, 1.165) is 12.1 Å². The molecule has 0 spiro atoms. The molecule has 3 nitrogen and oxygen atoms in total. The van der Waals surface area contributed by atoms with Crippen molar-refractivity contribution in [1.29, 1.82) is 0 Å². The number of ketones is 1. The van der Waals surface area contributed by atoms with Crippen molar-refractivity contribution in [3.8, 4) is 0 Å². The highest BCUT2D eigenvalue weighted by Gasteiger charge is 2.05. The van der Waals surface area contributed by atoms with E-state index in [0.29, 0.717) is 11.3 Å². The number of nitrogens with two attached hydrogens (primary N) is 1. The van der Waals surface area contributed by atoms with Crippen LogP contribution in [0.5, 0.6) is 0 Å². The first-order valence-electron chi connectivity index (χ1n) is 6.40. The summed E-state index contributed by atoms with van der Waals surface area (Å²) in [4.78, 5) is 12.0. The van der Waals surface area contributed by atoms with Crippen molar-refractivity contribution < 1.29 is 4.79 Å². The summed E-state index contributed by atoms with van der Waals surface area (Å²) >= 11 is 0. The molecular weight excluding hydrogens is 236 g/mol. The Morgan fingerprint density at radius 3 is 2.53 bits per heavy atom. The third kappa shape index (κ3) is 3.58. The van der Waals surface area contributed by atoms with E-state index in [-0.39, 0.29) is 12.3 Å². The van der Waals surface area contributed by atoms with Gasteiger partial charge in [0.1, 0.15) is 0 Å². The summed E-state index contributed by atoms with van der Waals surface area (Å²) in [7, 11) is 0. The Bertz CT molecular complexity index is 561. The Labute approximate surface area is 113 Å². The number of aryl methyl sites for hydroxylation is 1. The highest BCUT2D eigenvalue weighted by atomic mass is 16.1. The second kappa shape index (κ2) is 6.05. The number of nitrogens with one attached hydrogen (secondary N) is 1. The maximum atomic E-state index is 12.0. The Balaban J connectivity index is 1.96. The van der Waals surface area contributed by atoms with Crippen molar-refractivity contribution in [3.05, 3.63) is 59.7 Å².